The van der Waals surface area contributed by atoms with Crippen LogP contribution >= 0.6 is 0 Å². The first-order chi connectivity index (χ1) is 16.0. The third kappa shape index (κ3) is 4.86. The van der Waals surface area contributed by atoms with Crippen LogP contribution in [0.4, 0.5) is 0 Å². The molecule has 0 bridgehead atoms. The summed E-state index contributed by atoms with van der Waals surface area (Å²) >= 11 is 0. The van der Waals surface area contributed by atoms with Gasteiger partial charge in [-0.3, -0.25) is 4.79 Å². The van der Waals surface area contributed by atoms with Gasteiger partial charge < -0.3 is 24.5 Å². The molecule has 0 aliphatic heterocycles. The van der Waals surface area contributed by atoms with E-state index >= 15 is 0 Å². The fourth-order valence-electron chi connectivity index (χ4n) is 3.74. The molecule has 0 aliphatic carbocycles. The summed E-state index contributed by atoms with van der Waals surface area (Å²) in [6, 6.07) is 2.58. The van der Waals surface area contributed by atoms with Gasteiger partial charge in [0, 0.05) is 17.7 Å². The lowest BCUT2D eigenvalue weighted by Gasteiger charge is -2.14. The number of phenolic OH excluding ortho intramolecular Hbond substituents is 3. The lowest BCUT2D eigenvalue weighted by atomic mass is 9.98. The van der Waals surface area contributed by atoms with Crippen LogP contribution in [0.1, 0.15) is 45.2 Å². The number of aromatic hydroxyl groups is 3. The highest BCUT2D eigenvalue weighted by Crippen LogP contribution is 2.40. The Balaban J connectivity index is 2.34. The second-order valence-electron chi connectivity index (χ2n) is 8.66. The Morgan fingerprint density at radius 3 is 2.29 bits per heavy atom. The minimum Gasteiger partial charge on any atom is -0.507 e. The maximum absolute atomic E-state index is 13.7. The van der Waals surface area contributed by atoms with Crippen LogP contribution < -0.4 is 10.2 Å². The quantitative estimate of drug-likeness (QED) is 0.210. The molecular weight excluding hydrogens is 432 g/mol. The Hall–Kier alpha value is -3.93. The van der Waals surface area contributed by atoms with Gasteiger partial charge in [-0.05, 0) is 46.6 Å². The van der Waals surface area contributed by atoms with E-state index in [2.05, 4.69) is 12.7 Å². The molecule has 178 valence electrons. The zero-order chi connectivity index (χ0) is 25.2. The summed E-state index contributed by atoms with van der Waals surface area (Å²) in [5, 5.41) is 32.0. The maximum atomic E-state index is 13.7. The van der Waals surface area contributed by atoms with Gasteiger partial charge in [-0.1, -0.05) is 41.5 Å². The Labute approximate surface area is 198 Å². The average Bonchev–Trinajstić information content (AvgIpc) is 2.74. The van der Waals surface area contributed by atoms with Gasteiger partial charge in [0.15, 0.2) is 11.5 Å². The molecule has 2 aromatic carbocycles. The molecule has 0 saturated heterocycles. The molecule has 34 heavy (non-hydrogen) atoms. The molecule has 6 nitrogen and oxygen atoms in total. The lowest BCUT2D eigenvalue weighted by Crippen LogP contribution is -2.07. The van der Waals surface area contributed by atoms with Gasteiger partial charge >= 0.3 is 0 Å². The summed E-state index contributed by atoms with van der Waals surface area (Å²) in [5.41, 5.74) is 3.20. The first kappa shape index (κ1) is 24.7. The van der Waals surface area contributed by atoms with Gasteiger partial charge in [0.05, 0.1) is 18.1 Å². The largest absolute Gasteiger partial charge is 0.507 e. The fraction of sp³-hybridized carbons (Fsp3) is 0.250. The van der Waals surface area contributed by atoms with Crippen LogP contribution in [0.25, 0.3) is 28.0 Å². The third-order valence-corrected chi connectivity index (χ3v) is 5.50. The highest BCUT2D eigenvalue weighted by molar-refractivity contribution is 5.99. The number of benzene rings is 2. The number of phenols is 3. The summed E-state index contributed by atoms with van der Waals surface area (Å²) in [7, 11) is 1.42. The van der Waals surface area contributed by atoms with Gasteiger partial charge in [-0.15, -0.1) is 0 Å². The molecule has 1 aromatic heterocycles. The van der Waals surface area contributed by atoms with Crippen LogP contribution in [0.15, 0.2) is 62.9 Å². The van der Waals surface area contributed by atoms with E-state index in [1.807, 2.05) is 26.8 Å². The normalized spacial score (nSPS) is 12.0. The number of ether oxygens (including phenoxy) is 1. The minimum atomic E-state index is -0.484. The smallest absolute Gasteiger partial charge is 0.204 e. The van der Waals surface area contributed by atoms with Crippen molar-refractivity contribution in [3.63, 3.8) is 0 Å². The van der Waals surface area contributed by atoms with Crippen molar-refractivity contribution >= 4 is 28.0 Å². The van der Waals surface area contributed by atoms with Crippen molar-refractivity contribution in [1.82, 2.24) is 0 Å². The molecule has 0 radical (unpaired) electrons. The van der Waals surface area contributed by atoms with Gasteiger partial charge in [-0.2, -0.15) is 0 Å². The topological polar surface area (TPSA) is 100 Å². The van der Waals surface area contributed by atoms with E-state index in [0.717, 1.165) is 12.0 Å². The highest BCUT2D eigenvalue weighted by Gasteiger charge is 2.22. The number of hydrogen-bond donors (Lipinski definition) is 3. The van der Waals surface area contributed by atoms with E-state index in [9.17, 15) is 20.1 Å². The lowest BCUT2D eigenvalue weighted by molar-refractivity contribution is 0.370. The van der Waals surface area contributed by atoms with Crippen LogP contribution in [0, 0.1) is 0 Å². The predicted molar refractivity (Wildman–Crippen MR) is 137 cm³/mol. The maximum Gasteiger partial charge on any atom is 0.204 e. The molecule has 3 aromatic rings. The third-order valence-electron chi connectivity index (χ3n) is 5.50. The number of allylic oxidation sites excluding steroid dienone is 6. The van der Waals surface area contributed by atoms with Crippen LogP contribution in [-0.4, -0.2) is 22.4 Å². The summed E-state index contributed by atoms with van der Waals surface area (Å²) in [4.78, 5) is 13.7. The fourth-order valence-corrected chi connectivity index (χ4v) is 3.74. The first-order valence-electron chi connectivity index (χ1n) is 10.9. The second-order valence-corrected chi connectivity index (χ2v) is 8.66. The van der Waals surface area contributed by atoms with Crippen molar-refractivity contribution < 1.29 is 24.5 Å². The van der Waals surface area contributed by atoms with Crippen molar-refractivity contribution in [2.45, 2.75) is 40.5 Å². The summed E-state index contributed by atoms with van der Waals surface area (Å²) in [6.45, 7) is 11.6. The van der Waals surface area contributed by atoms with E-state index < -0.39 is 11.2 Å². The molecule has 3 rings (SSSR count). The van der Waals surface area contributed by atoms with Gasteiger partial charge in [0.2, 0.25) is 5.43 Å². The molecule has 0 atom stereocenters. The van der Waals surface area contributed by atoms with Crippen molar-refractivity contribution in [1.29, 1.82) is 0 Å². The molecule has 6 heteroatoms. The van der Waals surface area contributed by atoms with Crippen molar-refractivity contribution in [3.8, 4) is 23.0 Å². The van der Waals surface area contributed by atoms with Crippen molar-refractivity contribution in [2.75, 3.05) is 7.11 Å². The van der Waals surface area contributed by atoms with E-state index in [1.165, 1.54) is 30.9 Å². The Kier molecular flexibility index (Phi) is 7.20. The SMILES string of the molecule is C=C(C)/C=C/c1c(O)cc2oc3cc(O)c(OC)c(C/C=C(\C)CC=C(C)C)c3c(=O)c2c1O. The summed E-state index contributed by atoms with van der Waals surface area (Å²) < 4.78 is 11.3. The monoisotopic (exact) mass is 462 g/mol. The molecule has 0 saturated carbocycles. The van der Waals surface area contributed by atoms with Crippen molar-refractivity contribution in [3.05, 3.63) is 75.0 Å². The summed E-state index contributed by atoms with van der Waals surface area (Å²) in [6.07, 6.45) is 8.26. The molecule has 0 fully saturated rings. The molecule has 1 heterocycles. The van der Waals surface area contributed by atoms with Crippen LogP contribution in [0.3, 0.4) is 0 Å². The van der Waals surface area contributed by atoms with E-state index in [0.29, 0.717) is 17.6 Å². The van der Waals surface area contributed by atoms with Crippen LogP contribution in [-0.2, 0) is 6.42 Å². The van der Waals surface area contributed by atoms with E-state index in [-0.39, 0.29) is 44.8 Å². The van der Waals surface area contributed by atoms with Crippen molar-refractivity contribution in [2.24, 2.45) is 0 Å². The molecule has 0 spiro atoms. The number of hydrogen-bond acceptors (Lipinski definition) is 6. The molecule has 3 N–H and O–H groups in total. The van der Waals surface area contributed by atoms with Gasteiger partial charge in [-0.25, -0.2) is 0 Å². The zero-order valence-electron chi connectivity index (χ0n) is 20.2. The Morgan fingerprint density at radius 1 is 1.03 bits per heavy atom. The highest BCUT2D eigenvalue weighted by atomic mass is 16.5. The number of methoxy groups -OCH3 is 1. The molecule has 0 unspecified atom stereocenters. The van der Waals surface area contributed by atoms with E-state index in [1.54, 1.807) is 13.0 Å². The predicted octanol–water partition coefficient (Wildman–Crippen LogP) is 6.51. The Bertz CT molecular complexity index is 1430. The van der Waals surface area contributed by atoms with Crippen LogP contribution in [0.2, 0.25) is 0 Å². The summed E-state index contributed by atoms with van der Waals surface area (Å²) in [5.74, 6) is -0.638. The molecule has 0 amide bonds. The number of rotatable bonds is 7. The van der Waals surface area contributed by atoms with Crippen LogP contribution in [0.5, 0.6) is 23.0 Å². The average molecular weight is 463 g/mol. The minimum absolute atomic E-state index is 0.00535. The zero-order valence-corrected chi connectivity index (χ0v) is 20.2. The van der Waals surface area contributed by atoms with Gasteiger partial charge in [0.1, 0.15) is 28.1 Å². The van der Waals surface area contributed by atoms with Gasteiger partial charge in [0.25, 0.3) is 0 Å². The Morgan fingerprint density at radius 2 is 1.68 bits per heavy atom. The second kappa shape index (κ2) is 9.91. The first-order valence-corrected chi connectivity index (χ1v) is 10.9. The molecule has 0 aliphatic rings. The molecular formula is C28H30O6. The standard InChI is InChI=1S/C28H30O6/c1-15(2)7-9-17(5)10-12-19-24-22(14-21(30)28(19)33-6)34-23-13-20(29)18(11-8-16(3)4)26(31)25(23)27(24)32/h7-8,10-11,13-14,29-31H,3,9,12H2,1-2,4-6H3/b11-8+,17-10+. The number of fused-ring (bicyclic) bond motifs is 2. The van der Waals surface area contributed by atoms with E-state index in [4.69, 9.17) is 9.15 Å².